The predicted molar refractivity (Wildman–Crippen MR) is 90.1 cm³/mol. The van der Waals surface area contributed by atoms with Crippen LogP contribution in [0.3, 0.4) is 0 Å². The highest BCUT2D eigenvalue weighted by molar-refractivity contribution is 9.10. The third-order valence-corrected chi connectivity index (χ3v) is 3.56. The third kappa shape index (κ3) is 4.36. The Hall–Kier alpha value is -2.27. The molecule has 0 radical (unpaired) electrons. The Morgan fingerprint density at radius 3 is 2.27 bits per heavy atom. The van der Waals surface area contributed by atoms with Gasteiger partial charge in [0.1, 0.15) is 5.71 Å². The predicted octanol–water partition coefficient (Wildman–Crippen LogP) is 3.02. The minimum atomic E-state index is -0.420. The smallest absolute Gasteiger partial charge is 0.277 e. The fraction of sp³-hybridized carbons (Fsp3) is 0.118. The number of aliphatic imine (C=N–C) groups is 1. The highest BCUT2D eigenvalue weighted by Gasteiger charge is 2.14. The molecule has 0 aliphatic carbocycles. The van der Waals surface area contributed by atoms with Gasteiger partial charge in [0.15, 0.2) is 0 Å². The molecule has 2 rings (SSSR count). The Balaban J connectivity index is 2.26. The number of carbonyl (C=O) groups excluding carboxylic acids is 2. The number of hydrogen-bond acceptors (Lipinski definition) is 2. The lowest BCUT2D eigenvalue weighted by atomic mass is 10.1. The largest absolute Gasteiger partial charge is 0.354 e. The highest BCUT2D eigenvalue weighted by atomic mass is 79.9. The maximum atomic E-state index is 12.1. The summed E-state index contributed by atoms with van der Waals surface area (Å²) in [7, 11) is 1.52. The van der Waals surface area contributed by atoms with Crippen LogP contribution in [0.25, 0.3) is 0 Å². The molecule has 1 N–H and O–H groups in total. The number of halogens is 1. The zero-order valence-corrected chi connectivity index (χ0v) is 13.6. The van der Waals surface area contributed by atoms with Gasteiger partial charge in [0.2, 0.25) is 0 Å². The van der Waals surface area contributed by atoms with Crippen LogP contribution in [0, 0.1) is 0 Å². The Morgan fingerprint density at radius 2 is 1.68 bits per heavy atom. The van der Waals surface area contributed by atoms with Crippen molar-refractivity contribution < 1.29 is 9.59 Å². The standard InChI is InChI=1S/C17H15BrN2O2/c1-19-17(22)15(11-12-7-9-14(18)10-8-12)20-16(21)13-5-3-2-4-6-13/h2-10H,11H2,1H3,(H,19,22). The second-order valence-electron chi connectivity index (χ2n) is 4.61. The summed E-state index contributed by atoms with van der Waals surface area (Å²) in [4.78, 5) is 28.1. The van der Waals surface area contributed by atoms with Gasteiger partial charge in [-0.05, 0) is 29.8 Å². The van der Waals surface area contributed by atoms with Crippen LogP contribution in [0.15, 0.2) is 64.1 Å². The van der Waals surface area contributed by atoms with Crippen molar-refractivity contribution in [3.8, 4) is 0 Å². The van der Waals surface area contributed by atoms with E-state index in [1.807, 2.05) is 30.3 Å². The van der Waals surface area contributed by atoms with E-state index in [2.05, 4.69) is 26.2 Å². The number of hydrogen-bond donors (Lipinski definition) is 1. The molecule has 0 saturated carbocycles. The lowest BCUT2D eigenvalue weighted by molar-refractivity contribution is -0.114. The van der Waals surface area contributed by atoms with E-state index in [0.717, 1.165) is 10.0 Å². The monoisotopic (exact) mass is 358 g/mol. The van der Waals surface area contributed by atoms with Gasteiger partial charge in [-0.15, -0.1) is 0 Å². The Morgan fingerprint density at radius 1 is 1.05 bits per heavy atom. The average molecular weight is 359 g/mol. The number of benzene rings is 2. The Bertz CT molecular complexity index is 694. The molecule has 0 aliphatic rings. The summed E-state index contributed by atoms with van der Waals surface area (Å²) in [5.41, 5.74) is 1.56. The molecule has 4 nitrogen and oxygen atoms in total. The minimum absolute atomic E-state index is 0.193. The fourth-order valence-electron chi connectivity index (χ4n) is 1.88. The zero-order valence-electron chi connectivity index (χ0n) is 12.0. The molecule has 2 aromatic carbocycles. The second-order valence-corrected chi connectivity index (χ2v) is 5.53. The van der Waals surface area contributed by atoms with Crippen molar-refractivity contribution in [2.24, 2.45) is 4.99 Å². The lowest BCUT2D eigenvalue weighted by Gasteiger charge is -2.06. The van der Waals surface area contributed by atoms with Crippen LogP contribution in [0.4, 0.5) is 0 Å². The van der Waals surface area contributed by atoms with Gasteiger partial charge in [-0.3, -0.25) is 9.59 Å². The number of amides is 2. The summed E-state index contributed by atoms with van der Waals surface area (Å²) in [6.07, 6.45) is 0.297. The first-order valence-electron chi connectivity index (χ1n) is 6.73. The summed E-state index contributed by atoms with van der Waals surface area (Å²) in [6, 6.07) is 16.2. The normalized spacial score (nSPS) is 11.1. The molecule has 0 fully saturated rings. The van der Waals surface area contributed by atoms with E-state index in [1.54, 1.807) is 24.3 Å². The molecule has 112 valence electrons. The van der Waals surface area contributed by atoms with E-state index < -0.39 is 5.91 Å². The molecule has 0 bridgehead atoms. The SMILES string of the molecule is CNC(=O)C(Cc1ccc(Br)cc1)=NC(=O)c1ccccc1. The van der Waals surface area contributed by atoms with Crippen molar-refractivity contribution in [1.29, 1.82) is 0 Å². The van der Waals surface area contributed by atoms with Crippen LogP contribution >= 0.6 is 15.9 Å². The molecule has 2 amide bonds. The van der Waals surface area contributed by atoms with Crippen molar-refractivity contribution in [2.45, 2.75) is 6.42 Å². The molecule has 0 aliphatic heterocycles. The molecule has 0 atom stereocenters. The van der Waals surface area contributed by atoms with Gasteiger partial charge in [-0.2, -0.15) is 0 Å². The molecule has 0 heterocycles. The van der Waals surface area contributed by atoms with E-state index in [1.165, 1.54) is 7.05 Å². The summed E-state index contributed by atoms with van der Waals surface area (Å²) in [6.45, 7) is 0. The molecule has 2 aromatic rings. The summed E-state index contributed by atoms with van der Waals surface area (Å²) in [5.74, 6) is -0.775. The van der Waals surface area contributed by atoms with E-state index in [0.29, 0.717) is 12.0 Å². The maximum absolute atomic E-state index is 12.1. The molecule has 5 heteroatoms. The fourth-order valence-corrected chi connectivity index (χ4v) is 2.14. The molecule has 0 unspecified atom stereocenters. The third-order valence-electron chi connectivity index (χ3n) is 3.03. The van der Waals surface area contributed by atoms with Crippen LogP contribution in [0.5, 0.6) is 0 Å². The van der Waals surface area contributed by atoms with Crippen LogP contribution in [0.1, 0.15) is 15.9 Å². The highest BCUT2D eigenvalue weighted by Crippen LogP contribution is 2.12. The first-order valence-corrected chi connectivity index (χ1v) is 7.53. The van der Waals surface area contributed by atoms with E-state index >= 15 is 0 Å². The number of nitrogens with zero attached hydrogens (tertiary/aromatic N) is 1. The van der Waals surface area contributed by atoms with Gasteiger partial charge in [0, 0.05) is 23.5 Å². The van der Waals surface area contributed by atoms with Crippen LogP contribution in [-0.4, -0.2) is 24.6 Å². The summed E-state index contributed by atoms with van der Waals surface area (Å²) < 4.78 is 0.954. The quantitative estimate of drug-likeness (QED) is 0.854. The van der Waals surface area contributed by atoms with Crippen LogP contribution in [-0.2, 0) is 11.2 Å². The number of nitrogens with one attached hydrogen (secondary N) is 1. The summed E-state index contributed by atoms with van der Waals surface area (Å²) in [5, 5.41) is 2.52. The molecule has 0 saturated heterocycles. The van der Waals surface area contributed by atoms with Gasteiger partial charge in [-0.1, -0.05) is 46.3 Å². The Labute approximate surface area is 137 Å². The van der Waals surface area contributed by atoms with Crippen molar-refractivity contribution in [3.63, 3.8) is 0 Å². The molecule has 0 aromatic heterocycles. The van der Waals surface area contributed by atoms with Crippen molar-refractivity contribution >= 4 is 33.5 Å². The number of rotatable bonds is 4. The zero-order chi connectivity index (χ0) is 15.9. The van der Waals surface area contributed by atoms with E-state index in [9.17, 15) is 9.59 Å². The second kappa shape index (κ2) is 7.66. The summed E-state index contributed by atoms with van der Waals surface area (Å²) >= 11 is 3.36. The van der Waals surface area contributed by atoms with Gasteiger partial charge in [0.05, 0.1) is 0 Å². The molecular formula is C17H15BrN2O2. The van der Waals surface area contributed by atoms with Crippen LogP contribution < -0.4 is 5.32 Å². The van der Waals surface area contributed by atoms with Gasteiger partial charge in [-0.25, -0.2) is 4.99 Å². The van der Waals surface area contributed by atoms with Crippen molar-refractivity contribution in [3.05, 3.63) is 70.2 Å². The maximum Gasteiger partial charge on any atom is 0.277 e. The molecule has 22 heavy (non-hydrogen) atoms. The first-order chi connectivity index (χ1) is 10.6. The Kier molecular flexibility index (Phi) is 5.61. The van der Waals surface area contributed by atoms with Gasteiger partial charge < -0.3 is 5.32 Å². The van der Waals surface area contributed by atoms with Crippen molar-refractivity contribution in [2.75, 3.05) is 7.05 Å². The molecular weight excluding hydrogens is 344 g/mol. The number of carbonyl (C=O) groups is 2. The average Bonchev–Trinajstić information content (AvgIpc) is 2.56. The van der Waals surface area contributed by atoms with Crippen molar-refractivity contribution in [1.82, 2.24) is 5.32 Å². The van der Waals surface area contributed by atoms with Gasteiger partial charge in [0.25, 0.3) is 11.8 Å². The molecule has 0 spiro atoms. The van der Waals surface area contributed by atoms with E-state index in [4.69, 9.17) is 0 Å². The van der Waals surface area contributed by atoms with Crippen LogP contribution in [0.2, 0.25) is 0 Å². The lowest BCUT2D eigenvalue weighted by Crippen LogP contribution is -2.30. The van der Waals surface area contributed by atoms with E-state index in [-0.39, 0.29) is 11.6 Å². The minimum Gasteiger partial charge on any atom is -0.354 e. The van der Waals surface area contributed by atoms with Gasteiger partial charge >= 0.3 is 0 Å². The topological polar surface area (TPSA) is 58.5 Å². The first kappa shape index (κ1) is 16.1.